The molecule has 0 aromatic heterocycles. The Hall–Kier alpha value is -0.0800. The molecular formula is C12H21NO. The molecule has 0 saturated heterocycles. The summed E-state index contributed by atoms with van der Waals surface area (Å²) in [5.41, 5.74) is 0. The largest absolute Gasteiger partial charge is 0.392 e. The summed E-state index contributed by atoms with van der Waals surface area (Å²) in [6.45, 7) is 2.24. The molecular weight excluding hydrogens is 174 g/mol. The number of hydrogen-bond acceptors (Lipinski definition) is 2. The van der Waals surface area contributed by atoms with Gasteiger partial charge in [-0.15, -0.1) is 0 Å². The van der Waals surface area contributed by atoms with E-state index < -0.39 is 0 Å². The molecule has 0 aromatic carbocycles. The molecule has 1 atom stereocenters. The fourth-order valence-electron chi connectivity index (χ4n) is 2.31. The first-order chi connectivity index (χ1) is 6.83. The zero-order chi connectivity index (χ0) is 9.54. The van der Waals surface area contributed by atoms with Crippen LogP contribution in [-0.2, 0) is 0 Å². The Morgan fingerprint density at radius 1 is 1.07 bits per heavy atom. The lowest BCUT2D eigenvalue weighted by Crippen LogP contribution is -2.36. The molecule has 1 N–H and O–H groups in total. The first-order valence-electron chi connectivity index (χ1n) is 6.25. The van der Waals surface area contributed by atoms with Crippen LogP contribution in [0.1, 0.15) is 38.5 Å². The Morgan fingerprint density at radius 3 is 2.29 bits per heavy atom. The van der Waals surface area contributed by atoms with E-state index in [9.17, 15) is 5.11 Å². The van der Waals surface area contributed by atoms with Gasteiger partial charge < -0.3 is 5.11 Å². The first kappa shape index (κ1) is 9.17. The summed E-state index contributed by atoms with van der Waals surface area (Å²) in [6.07, 6.45) is 8.14. The van der Waals surface area contributed by atoms with Gasteiger partial charge in [0, 0.05) is 19.1 Å². The quantitative estimate of drug-likeness (QED) is 0.696. The van der Waals surface area contributed by atoms with Gasteiger partial charge in [0.15, 0.2) is 0 Å². The van der Waals surface area contributed by atoms with E-state index in [0.717, 1.165) is 18.5 Å². The van der Waals surface area contributed by atoms with Gasteiger partial charge in [0.25, 0.3) is 0 Å². The van der Waals surface area contributed by atoms with Crippen molar-refractivity contribution in [2.24, 2.45) is 11.8 Å². The van der Waals surface area contributed by atoms with Gasteiger partial charge in [-0.3, -0.25) is 4.90 Å². The summed E-state index contributed by atoms with van der Waals surface area (Å²) >= 11 is 0. The predicted octanol–water partition coefficient (Wildman–Crippen LogP) is 1.63. The van der Waals surface area contributed by atoms with Crippen LogP contribution in [0.2, 0.25) is 0 Å². The second-order valence-corrected chi connectivity index (χ2v) is 5.53. The van der Waals surface area contributed by atoms with Gasteiger partial charge in [0.1, 0.15) is 0 Å². The number of rotatable bonds is 6. The summed E-state index contributed by atoms with van der Waals surface area (Å²) in [7, 11) is 0. The monoisotopic (exact) mass is 195 g/mol. The van der Waals surface area contributed by atoms with Crippen LogP contribution in [0.3, 0.4) is 0 Å². The van der Waals surface area contributed by atoms with Crippen LogP contribution >= 0.6 is 0 Å². The highest BCUT2D eigenvalue weighted by Gasteiger charge is 2.37. The number of nitrogens with zero attached hydrogens (tertiary/aromatic N) is 1. The highest BCUT2D eigenvalue weighted by molar-refractivity contribution is 4.91. The van der Waals surface area contributed by atoms with E-state index in [1.54, 1.807) is 0 Å². The maximum absolute atomic E-state index is 9.93. The van der Waals surface area contributed by atoms with Crippen LogP contribution in [0.25, 0.3) is 0 Å². The average molecular weight is 195 g/mol. The van der Waals surface area contributed by atoms with Crippen LogP contribution in [0.15, 0.2) is 0 Å². The molecule has 0 bridgehead atoms. The minimum absolute atomic E-state index is 0.0191. The normalized spacial score (nSPS) is 29.6. The van der Waals surface area contributed by atoms with Gasteiger partial charge in [-0.2, -0.15) is 0 Å². The lowest BCUT2D eigenvalue weighted by Gasteiger charge is -2.24. The molecule has 3 fully saturated rings. The van der Waals surface area contributed by atoms with Crippen LogP contribution in [0, 0.1) is 11.8 Å². The molecule has 80 valence electrons. The third-order valence-electron chi connectivity index (χ3n) is 3.84. The third-order valence-corrected chi connectivity index (χ3v) is 3.84. The second-order valence-electron chi connectivity index (χ2n) is 5.53. The maximum Gasteiger partial charge on any atom is 0.0695 e. The fourth-order valence-corrected chi connectivity index (χ4v) is 2.31. The molecule has 3 rings (SSSR count). The molecule has 0 amide bonds. The molecule has 3 saturated carbocycles. The van der Waals surface area contributed by atoms with Gasteiger partial charge in [-0.25, -0.2) is 0 Å². The Labute approximate surface area is 86.3 Å². The lowest BCUT2D eigenvalue weighted by molar-refractivity contribution is 0.0888. The van der Waals surface area contributed by atoms with Gasteiger partial charge in [0.2, 0.25) is 0 Å². The van der Waals surface area contributed by atoms with E-state index in [1.807, 2.05) is 0 Å². The summed E-state index contributed by atoms with van der Waals surface area (Å²) in [5, 5.41) is 9.93. The highest BCUT2D eigenvalue weighted by atomic mass is 16.3. The predicted molar refractivity (Wildman–Crippen MR) is 56.0 cm³/mol. The molecule has 0 aromatic rings. The Kier molecular flexibility index (Phi) is 2.29. The first-order valence-corrected chi connectivity index (χ1v) is 6.25. The minimum atomic E-state index is -0.0191. The van der Waals surface area contributed by atoms with Crippen molar-refractivity contribution in [3.05, 3.63) is 0 Å². The van der Waals surface area contributed by atoms with E-state index in [0.29, 0.717) is 5.92 Å². The smallest absolute Gasteiger partial charge is 0.0695 e. The molecule has 0 spiro atoms. The molecule has 0 aliphatic heterocycles. The Morgan fingerprint density at radius 2 is 1.79 bits per heavy atom. The van der Waals surface area contributed by atoms with Crippen molar-refractivity contribution in [1.29, 1.82) is 0 Å². The van der Waals surface area contributed by atoms with E-state index in [4.69, 9.17) is 0 Å². The molecule has 3 aliphatic rings. The van der Waals surface area contributed by atoms with Crippen molar-refractivity contribution in [1.82, 2.24) is 4.90 Å². The standard InChI is InChI=1S/C12H21NO/c14-12(10-3-4-10)8-13(11-5-6-11)7-9-1-2-9/h9-12,14H,1-8H2. The van der Waals surface area contributed by atoms with Gasteiger partial charge in [-0.1, -0.05) is 0 Å². The minimum Gasteiger partial charge on any atom is -0.392 e. The van der Waals surface area contributed by atoms with Gasteiger partial charge in [-0.05, 0) is 50.4 Å². The van der Waals surface area contributed by atoms with Gasteiger partial charge in [0.05, 0.1) is 6.10 Å². The molecule has 3 aliphatic carbocycles. The van der Waals surface area contributed by atoms with Crippen molar-refractivity contribution in [2.45, 2.75) is 50.7 Å². The Balaban J connectivity index is 1.49. The zero-order valence-corrected chi connectivity index (χ0v) is 8.86. The van der Waals surface area contributed by atoms with E-state index in [-0.39, 0.29) is 6.10 Å². The van der Waals surface area contributed by atoms with Crippen molar-refractivity contribution < 1.29 is 5.11 Å². The molecule has 14 heavy (non-hydrogen) atoms. The highest BCUT2D eigenvalue weighted by Crippen LogP contribution is 2.37. The number of hydrogen-bond donors (Lipinski definition) is 1. The van der Waals surface area contributed by atoms with Crippen LogP contribution in [0.4, 0.5) is 0 Å². The molecule has 2 nitrogen and oxygen atoms in total. The van der Waals surface area contributed by atoms with Crippen LogP contribution < -0.4 is 0 Å². The molecule has 0 heterocycles. The molecule has 2 heteroatoms. The lowest BCUT2D eigenvalue weighted by atomic mass is 10.2. The van der Waals surface area contributed by atoms with Crippen LogP contribution in [0.5, 0.6) is 0 Å². The maximum atomic E-state index is 9.93. The Bertz CT molecular complexity index is 206. The molecule has 0 radical (unpaired) electrons. The van der Waals surface area contributed by atoms with Gasteiger partial charge >= 0.3 is 0 Å². The van der Waals surface area contributed by atoms with Crippen molar-refractivity contribution in [3.63, 3.8) is 0 Å². The van der Waals surface area contributed by atoms with Crippen molar-refractivity contribution in [2.75, 3.05) is 13.1 Å². The summed E-state index contributed by atoms with van der Waals surface area (Å²) in [5.74, 6) is 1.62. The number of aliphatic hydroxyl groups is 1. The third kappa shape index (κ3) is 2.29. The van der Waals surface area contributed by atoms with Crippen molar-refractivity contribution in [3.8, 4) is 0 Å². The summed E-state index contributed by atoms with van der Waals surface area (Å²) < 4.78 is 0. The zero-order valence-electron chi connectivity index (χ0n) is 8.86. The number of aliphatic hydroxyl groups excluding tert-OH is 1. The van der Waals surface area contributed by atoms with Crippen molar-refractivity contribution >= 4 is 0 Å². The van der Waals surface area contributed by atoms with Crippen LogP contribution in [-0.4, -0.2) is 35.2 Å². The summed E-state index contributed by atoms with van der Waals surface area (Å²) in [4.78, 5) is 2.57. The second kappa shape index (κ2) is 3.49. The fraction of sp³-hybridized carbons (Fsp3) is 1.00. The SMILES string of the molecule is OC(CN(CC1CC1)C1CC1)C1CC1. The average Bonchev–Trinajstić information content (AvgIpc) is 2.96. The van der Waals surface area contributed by atoms with E-state index in [1.165, 1.54) is 45.1 Å². The topological polar surface area (TPSA) is 23.5 Å². The summed E-state index contributed by atoms with van der Waals surface area (Å²) in [6, 6.07) is 0.837. The van der Waals surface area contributed by atoms with E-state index in [2.05, 4.69) is 4.90 Å². The van der Waals surface area contributed by atoms with E-state index >= 15 is 0 Å². The molecule has 1 unspecified atom stereocenters.